The van der Waals surface area contributed by atoms with Crippen molar-refractivity contribution in [2.45, 2.75) is 19.4 Å². The number of nitrogens with zero attached hydrogens (tertiary/aromatic N) is 2. The Hall–Kier alpha value is -1.74. The summed E-state index contributed by atoms with van der Waals surface area (Å²) in [6.07, 6.45) is 1.18. The van der Waals surface area contributed by atoms with Gasteiger partial charge in [0.1, 0.15) is 0 Å². The number of rotatable bonds is 1. The normalized spacial score (nSPS) is 17.6. The van der Waals surface area contributed by atoms with Gasteiger partial charge in [-0.15, -0.1) is 0 Å². The van der Waals surface area contributed by atoms with Crippen LogP contribution in [0.5, 0.6) is 0 Å². The molecule has 2 rings (SSSR count). The molecule has 0 bridgehead atoms. The van der Waals surface area contributed by atoms with Gasteiger partial charge >= 0.3 is 0 Å². The fourth-order valence-electron chi connectivity index (χ4n) is 2.26. The monoisotopic (exact) mass is 265 g/mol. The second kappa shape index (κ2) is 3.89. The molecule has 0 saturated carbocycles. The highest BCUT2D eigenvalue weighted by Crippen LogP contribution is 2.38. The van der Waals surface area contributed by atoms with Crippen molar-refractivity contribution in [1.29, 1.82) is 5.26 Å². The van der Waals surface area contributed by atoms with Gasteiger partial charge in [-0.05, 0) is 32.0 Å². The molecule has 0 amide bonds. The Kier molecular flexibility index (Phi) is 2.74. The molecule has 0 aliphatic carbocycles. The Bertz CT molecular complexity index is 629. The van der Waals surface area contributed by atoms with E-state index < -0.39 is 15.6 Å². The molecule has 1 aromatic rings. The quantitative estimate of drug-likeness (QED) is 0.835. The molecular weight excluding hydrogens is 250 g/mol. The van der Waals surface area contributed by atoms with Gasteiger partial charge in [-0.1, -0.05) is 0 Å². The van der Waals surface area contributed by atoms with Crippen molar-refractivity contribution < 1.29 is 8.42 Å². The molecular formula is C12H15N3O2S. The van der Waals surface area contributed by atoms with Crippen LogP contribution in [0.2, 0.25) is 0 Å². The van der Waals surface area contributed by atoms with Crippen LogP contribution in [-0.4, -0.2) is 26.8 Å². The van der Waals surface area contributed by atoms with E-state index in [0.717, 1.165) is 5.69 Å². The second-order valence-electron chi connectivity index (χ2n) is 5.04. The SMILES string of the molecule is CC1(C)CNc2ccc(C#N)cc2N1S(C)(=O)=O. The zero-order chi connectivity index (χ0) is 13.6. The maximum absolute atomic E-state index is 12.0. The molecule has 1 N–H and O–H groups in total. The van der Waals surface area contributed by atoms with Gasteiger partial charge in [0, 0.05) is 6.54 Å². The fraction of sp³-hybridized carbons (Fsp3) is 0.417. The summed E-state index contributed by atoms with van der Waals surface area (Å²) < 4.78 is 25.3. The summed E-state index contributed by atoms with van der Waals surface area (Å²) in [5, 5.41) is 12.1. The largest absolute Gasteiger partial charge is 0.381 e. The van der Waals surface area contributed by atoms with E-state index in [1.165, 1.54) is 10.6 Å². The van der Waals surface area contributed by atoms with Gasteiger partial charge in [0.2, 0.25) is 10.0 Å². The fourth-order valence-corrected chi connectivity index (χ4v) is 3.73. The summed E-state index contributed by atoms with van der Waals surface area (Å²) in [5.41, 5.74) is 1.16. The third-order valence-corrected chi connectivity index (χ3v) is 4.29. The summed E-state index contributed by atoms with van der Waals surface area (Å²) in [6.45, 7) is 4.23. The molecule has 0 atom stereocenters. The number of nitriles is 1. The Morgan fingerprint density at radius 1 is 1.44 bits per heavy atom. The van der Waals surface area contributed by atoms with Crippen molar-refractivity contribution in [3.05, 3.63) is 23.8 Å². The highest BCUT2D eigenvalue weighted by molar-refractivity contribution is 7.92. The van der Waals surface area contributed by atoms with E-state index in [0.29, 0.717) is 17.8 Å². The van der Waals surface area contributed by atoms with Gasteiger partial charge in [-0.2, -0.15) is 5.26 Å². The van der Waals surface area contributed by atoms with E-state index in [9.17, 15) is 8.42 Å². The number of hydrogen-bond donors (Lipinski definition) is 1. The maximum Gasteiger partial charge on any atom is 0.232 e. The Balaban J connectivity index is 2.69. The highest BCUT2D eigenvalue weighted by atomic mass is 32.2. The van der Waals surface area contributed by atoms with Crippen LogP contribution >= 0.6 is 0 Å². The minimum Gasteiger partial charge on any atom is -0.381 e. The lowest BCUT2D eigenvalue weighted by Gasteiger charge is -2.43. The van der Waals surface area contributed by atoms with E-state index >= 15 is 0 Å². The minimum absolute atomic E-state index is 0.446. The number of hydrogen-bond acceptors (Lipinski definition) is 4. The summed E-state index contributed by atoms with van der Waals surface area (Å²) in [7, 11) is -3.39. The van der Waals surface area contributed by atoms with Gasteiger partial charge < -0.3 is 5.32 Å². The third-order valence-electron chi connectivity index (χ3n) is 2.94. The number of fused-ring (bicyclic) bond motifs is 1. The van der Waals surface area contributed by atoms with E-state index in [1.807, 2.05) is 19.9 Å². The first-order valence-electron chi connectivity index (χ1n) is 5.54. The van der Waals surface area contributed by atoms with Gasteiger partial charge in [-0.25, -0.2) is 8.42 Å². The Labute approximate surface area is 107 Å². The lowest BCUT2D eigenvalue weighted by atomic mass is 10.0. The summed E-state index contributed by atoms with van der Waals surface area (Å²) in [4.78, 5) is 0. The topological polar surface area (TPSA) is 73.2 Å². The van der Waals surface area contributed by atoms with E-state index in [4.69, 9.17) is 5.26 Å². The number of anilines is 2. The average molecular weight is 265 g/mol. The second-order valence-corrected chi connectivity index (χ2v) is 6.87. The average Bonchev–Trinajstić information content (AvgIpc) is 2.24. The predicted octanol–water partition coefficient (Wildman–Crippen LogP) is 1.53. The summed E-state index contributed by atoms with van der Waals surface area (Å²) in [6, 6.07) is 7.04. The van der Waals surface area contributed by atoms with Crippen LogP contribution in [0, 0.1) is 11.3 Å². The zero-order valence-electron chi connectivity index (χ0n) is 10.6. The van der Waals surface area contributed by atoms with E-state index in [2.05, 4.69) is 5.32 Å². The molecule has 96 valence electrons. The van der Waals surface area contributed by atoms with Gasteiger partial charge in [0.05, 0.1) is 34.8 Å². The number of nitrogens with one attached hydrogen (secondary N) is 1. The molecule has 0 radical (unpaired) electrons. The molecule has 0 aromatic heterocycles. The summed E-state index contributed by atoms with van der Waals surface area (Å²) >= 11 is 0. The van der Waals surface area contributed by atoms with Gasteiger partial charge in [0.15, 0.2) is 0 Å². The van der Waals surface area contributed by atoms with Crippen molar-refractivity contribution in [2.75, 3.05) is 22.4 Å². The highest BCUT2D eigenvalue weighted by Gasteiger charge is 2.38. The predicted molar refractivity (Wildman–Crippen MR) is 71.0 cm³/mol. The first kappa shape index (κ1) is 12.7. The lowest BCUT2D eigenvalue weighted by Crippen LogP contribution is -2.54. The maximum atomic E-state index is 12.0. The molecule has 0 fully saturated rings. The molecule has 0 unspecified atom stereocenters. The van der Waals surface area contributed by atoms with Crippen LogP contribution in [0.4, 0.5) is 11.4 Å². The molecule has 1 aromatic carbocycles. The van der Waals surface area contributed by atoms with E-state index in [-0.39, 0.29) is 0 Å². The first-order chi connectivity index (χ1) is 8.25. The molecule has 1 aliphatic heterocycles. The van der Waals surface area contributed by atoms with Gasteiger partial charge in [-0.3, -0.25) is 4.31 Å². The third kappa shape index (κ3) is 2.02. The lowest BCUT2D eigenvalue weighted by molar-refractivity contribution is 0.514. The van der Waals surface area contributed by atoms with Crippen molar-refractivity contribution in [3.63, 3.8) is 0 Å². The molecule has 6 heteroatoms. The molecule has 0 saturated heterocycles. The van der Waals surface area contributed by atoms with Crippen molar-refractivity contribution >= 4 is 21.4 Å². The Morgan fingerprint density at radius 3 is 2.67 bits per heavy atom. The molecule has 1 aliphatic rings. The molecule has 5 nitrogen and oxygen atoms in total. The molecule has 18 heavy (non-hydrogen) atoms. The minimum atomic E-state index is -3.39. The Morgan fingerprint density at radius 2 is 2.11 bits per heavy atom. The van der Waals surface area contributed by atoms with Crippen molar-refractivity contribution in [2.24, 2.45) is 0 Å². The van der Waals surface area contributed by atoms with Crippen LogP contribution in [0.1, 0.15) is 19.4 Å². The smallest absolute Gasteiger partial charge is 0.232 e. The van der Waals surface area contributed by atoms with Crippen LogP contribution in [0.25, 0.3) is 0 Å². The van der Waals surface area contributed by atoms with Crippen LogP contribution in [0.3, 0.4) is 0 Å². The molecule has 1 heterocycles. The molecule has 0 spiro atoms. The number of sulfonamides is 1. The standard InChI is InChI=1S/C12H15N3O2S/c1-12(2)8-14-10-5-4-9(7-13)6-11(10)15(12)18(3,16)17/h4-6,14H,8H2,1-3H3. The zero-order valence-corrected chi connectivity index (χ0v) is 11.4. The van der Waals surface area contributed by atoms with Crippen LogP contribution in [-0.2, 0) is 10.0 Å². The van der Waals surface area contributed by atoms with Gasteiger partial charge in [0.25, 0.3) is 0 Å². The number of benzene rings is 1. The van der Waals surface area contributed by atoms with Crippen LogP contribution < -0.4 is 9.62 Å². The van der Waals surface area contributed by atoms with Crippen molar-refractivity contribution in [3.8, 4) is 6.07 Å². The van der Waals surface area contributed by atoms with E-state index in [1.54, 1.807) is 18.2 Å². The summed E-state index contributed by atoms with van der Waals surface area (Å²) in [5.74, 6) is 0. The van der Waals surface area contributed by atoms with Crippen LogP contribution in [0.15, 0.2) is 18.2 Å². The first-order valence-corrected chi connectivity index (χ1v) is 7.39. The van der Waals surface area contributed by atoms with Crippen molar-refractivity contribution in [1.82, 2.24) is 0 Å².